The summed E-state index contributed by atoms with van der Waals surface area (Å²) in [5, 5.41) is 9.25. The molecule has 3 rings (SSSR count). The molecule has 0 saturated carbocycles. The number of hydrogen-bond acceptors (Lipinski definition) is 5. The van der Waals surface area contributed by atoms with Crippen LogP contribution in [-0.4, -0.2) is 23.4 Å². The van der Waals surface area contributed by atoms with Gasteiger partial charge in [-0.05, 0) is 36.8 Å². The first-order valence-electron chi connectivity index (χ1n) is 10.3. The van der Waals surface area contributed by atoms with E-state index in [1.807, 2.05) is 31.2 Å². The Morgan fingerprint density at radius 3 is 2.52 bits per heavy atom. The van der Waals surface area contributed by atoms with Crippen LogP contribution in [0.1, 0.15) is 55.5 Å². The fourth-order valence-corrected chi connectivity index (χ4v) is 2.70. The predicted octanol–water partition coefficient (Wildman–Crippen LogP) is 4.07. The van der Waals surface area contributed by atoms with Crippen LogP contribution < -0.4 is 16.0 Å². The van der Waals surface area contributed by atoms with Crippen molar-refractivity contribution >= 4 is 17.6 Å². The largest absolute Gasteiger partial charge is 0.459 e. The zero-order valence-corrected chi connectivity index (χ0v) is 18.4. The van der Waals surface area contributed by atoms with Crippen molar-refractivity contribution in [1.82, 2.24) is 15.6 Å². The highest BCUT2D eigenvalue weighted by atomic mass is 16.4. The number of carbonyl (C=O) groups excluding carboxylic acids is 1. The van der Waals surface area contributed by atoms with Crippen molar-refractivity contribution in [2.24, 2.45) is 4.99 Å². The Balaban J connectivity index is 1.55. The van der Waals surface area contributed by atoms with Gasteiger partial charge in [0, 0.05) is 17.6 Å². The molecule has 0 saturated heterocycles. The number of rotatable bonds is 7. The van der Waals surface area contributed by atoms with E-state index in [0.29, 0.717) is 30.6 Å². The summed E-state index contributed by atoms with van der Waals surface area (Å²) >= 11 is 0. The molecule has 164 valence electrons. The summed E-state index contributed by atoms with van der Waals surface area (Å²) in [6, 6.07) is 10.8. The average Bonchev–Trinajstić information content (AvgIpc) is 3.43. The van der Waals surface area contributed by atoms with Gasteiger partial charge in [-0.25, -0.2) is 9.98 Å². The first-order valence-corrected chi connectivity index (χ1v) is 10.3. The first kappa shape index (κ1) is 22.1. The zero-order chi connectivity index (χ0) is 22.3. The van der Waals surface area contributed by atoms with Gasteiger partial charge in [-0.1, -0.05) is 32.9 Å². The second-order valence-corrected chi connectivity index (χ2v) is 8.05. The molecule has 0 unspecified atom stereocenters. The standard InChI is InChI=1S/C23H29N5O3/c1-5-24-22(27-15-20-25-14-19(31-20)23(2,3)4)26-13-16-8-10-17(11-9-16)28-21(29)18-7-6-12-30-18/h6-12,14H,5,13,15H2,1-4H3,(H,28,29)(H2,24,26,27). The van der Waals surface area contributed by atoms with Crippen molar-refractivity contribution in [3.05, 3.63) is 71.8 Å². The van der Waals surface area contributed by atoms with Crippen molar-refractivity contribution in [1.29, 1.82) is 0 Å². The molecule has 0 atom stereocenters. The van der Waals surface area contributed by atoms with E-state index in [2.05, 4.69) is 46.7 Å². The van der Waals surface area contributed by atoms with Crippen LogP contribution in [0.15, 0.2) is 62.7 Å². The second kappa shape index (κ2) is 9.97. The quantitative estimate of drug-likeness (QED) is 0.391. The third kappa shape index (κ3) is 6.47. The van der Waals surface area contributed by atoms with Crippen LogP contribution in [-0.2, 0) is 18.5 Å². The van der Waals surface area contributed by atoms with E-state index in [0.717, 1.165) is 17.9 Å². The van der Waals surface area contributed by atoms with Gasteiger partial charge in [-0.2, -0.15) is 0 Å². The van der Waals surface area contributed by atoms with E-state index < -0.39 is 0 Å². The van der Waals surface area contributed by atoms with Crippen molar-refractivity contribution in [2.45, 2.75) is 46.2 Å². The van der Waals surface area contributed by atoms with Gasteiger partial charge in [-0.15, -0.1) is 0 Å². The molecule has 0 aliphatic rings. The molecular weight excluding hydrogens is 394 g/mol. The molecule has 0 spiro atoms. The molecule has 2 aromatic heterocycles. The van der Waals surface area contributed by atoms with Gasteiger partial charge in [0.2, 0.25) is 5.89 Å². The van der Waals surface area contributed by atoms with Crippen molar-refractivity contribution in [2.75, 3.05) is 11.9 Å². The lowest BCUT2D eigenvalue weighted by Crippen LogP contribution is -2.36. The Kier molecular flexibility index (Phi) is 7.12. The summed E-state index contributed by atoms with van der Waals surface area (Å²) in [7, 11) is 0. The maximum atomic E-state index is 12.0. The summed E-state index contributed by atoms with van der Waals surface area (Å²) in [6.45, 7) is 9.94. The Morgan fingerprint density at radius 1 is 1.13 bits per heavy atom. The molecule has 8 nitrogen and oxygen atoms in total. The lowest BCUT2D eigenvalue weighted by Gasteiger charge is -2.13. The van der Waals surface area contributed by atoms with Crippen molar-refractivity contribution in [3.63, 3.8) is 0 Å². The third-order valence-electron chi connectivity index (χ3n) is 4.42. The number of aliphatic imine (C=N–C) groups is 1. The Bertz CT molecular complexity index is 999. The fraction of sp³-hybridized carbons (Fsp3) is 0.348. The normalized spacial score (nSPS) is 11.9. The minimum Gasteiger partial charge on any atom is -0.459 e. The molecule has 0 aliphatic heterocycles. The number of nitrogens with zero attached hydrogens (tertiary/aromatic N) is 2. The molecule has 0 fully saturated rings. The predicted molar refractivity (Wildman–Crippen MR) is 120 cm³/mol. The van der Waals surface area contributed by atoms with Gasteiger partial charge in [-0.3, -0.25) is 4.79 Å². The number of aromatic nitrogens is 1. The topological polar surface area (TPSA) is 105 Å². The second-order valence-electron chi connectivity index (χ2n) is 8.05. The van der Waals surface area contributed by atoms with Gasteiger partial charge >= 0.3 is 0 Å². The Labute approximate surface area is 182 Å². The summed E-state index contributed by atoms with van der Waals surface area (Å²) in [5.74, 6) is 2.14. The fourth-order valence-electron chi connectivity index (χ4n) is 2.70. The summed E-state index contributed by atoms with van der Waals surface area (Å²) in [5.41, 5.74) is 1.63. The maximum absolute atomic E-state index is 12.0. The molecule has 3 aromatic rings. The highest BCUT2D eigenvalue weighted by molar-refractivity contribution is 6.02. The van der Waals surface area contributed by atoms with Crippen LogP contribution in [0.3, 0.4) is 0 Å². The number of hydrogen-bond donors (Lipinski definition) is 3. The molecule has 8 heteroatoms. The smallest absolute Gasteiger partial charge is 0.291 e. The Morgan fingerprint density at radius 2 is 1.90 bits per heavy atom. The molecular formula is C23H29N5O3. The average molecular weight is 424 g/mol. The first-order chi connectivity index (χ1) is 14.8. The van der Waals surface area contributed by atoms with Gasteiger partial charge in [0.15, 0.2) is 11.7 Å². The van der Waals surface area contributed by atoms with Crippen LogP contribution in [0.25, 0.3) is 0 Å². The number of furan rings is 1. The molecule has 1 amide bonds. The molecule has 31 heavy (non-hydrogen) atoms. The van der Waals surface area contributed by atoms with Gasteiger partial charge in [0.05, 0.1) is 25.5 Å². The molecule has 0 radical (unpaired) electrons. The molecule has 1 aromatic carbocycles. The van der Waals surface area contributed by atoms with Crippen LogP contribution >= 0.6 is 0 Å². The highest BCUT2D eigenvalue weighted by Gasteiger charge is 2.19. The van der Waals surface area contributed by atoms with Crippen molar-refractivity contribution < 1.29 is 13.6 Å². The minimum atomic E-state index is -0.282. The van der Waals surface area contributed by atoms with Crippen LogP contribution in [0.5, 0.6) is 0 Å². The lowest BCUT2D eigenvalue weighted by molar-refractivity contribution is 0.0996. The summed E-state index contributed by atoms with van der Waals surface area (Å²) in [4.78, 5) is 21.0. The highest BCUT2D eigenvalue weighted by Crippen LogP contribution is 2.22. The molecule has 0 aliphatic carbocycles. The van der Waals surface area contributed by atoms with E-state index >= 15 is 0 Å². The van der Waals surface area contributed by atoms with Gasteiger partial charge in [0.1, 0.15) is 5.76 Å². The number of amides is 1. The monoisotopic (exact) mass is 423 g/mol. The lowest BCUT2D eigenvalue weighted by atomic mass is 9.94. The number of anilines is 1. The van der Waals surface area contributed by atoms with E-state index in [1.54, 1.807) is 18.3 Å². The summed E-state index contributed by atoms with van der Waals surface area (Å²) in [6.07, 6.45) is 3.24. The van der Waals surface area contributed by atoms with Crippen molar-refractivity contribution in [3.8, 4) is 0 Å². The van der Waals surface area contributed by atoms with Gasteiger partial charge in [0.25, 0.3) is 5.91 Å². The zero-order valence-electron chi connectivity index (χ0n) is 18.4. The summed E-state index contributed by atoms with van der Waals surface area (Å²) < 4.78 is 10.9. The minimum absolute atomic E-state index is 0.0760. The molecule has 2 heterocycles. The molecule has 0 bridgehead atoms. The van der Waals surface area contributed by atoms with E-state index in [-0.39, 0.29) is 17.1 Å². The van der Waals surface area contributed by atoms with E-state index in [4.69, 9.17) is 8.83 Å². The van der Waals surface area contributed by atoms with Gasteiger partial charge < -0.3 is 24.8 Å². The molecule has 3 N–H and O–H groups in total. The number of nitrogens with one attached hydrogen (secondary N) is 3. The number of carbonyl (C=O) groups is 1. The van der Waals surface area contributed by atoms with Crippen LogP contribution in [0, 0.1) is 0 Å². The number of oxazole rings is 1. The van der Waals surface area contributed by atoms with Crippen LogP contribution in [0.2, 0.25) is 0 Å². The van der Waals surface area contributed by atoms with E-state index in [9.17, 15) is 4.79 Å². The SMILES string of the molecule is CCNC(=NCc1ccc(NC(=O)c2ccco2)cc1)NCc1ncc(C(C)(C)C)o1. The maximum Gasteiger partial charge on any atom is 0.291 e. The van der Waals surface area contributed by atoms with Crippen LogP contribution in [0.4, 0.5) is 5.69 Å². The number of guanidine groups is 1. The number of benzene rings is 1. The third-order valence-corrected chi connectivity index (χ3v) is 4.42. The Hall–Kier alpha value is -3.55. The van der Waals surface area contributed by atoms with E-state index in [1.165, 1.54) is 6.26 Å².